The number of hydrogen-bond donors (Lipinski definition) is 1. The molecule has 1 atom stereocenters. The predicted octanol–water partition coefficient (Wildman–Crippen LogP) is 0.851. The van der Waals surface area contributed by atoms with Crippen LogP contribution in [0.4, 0.5) is 0 Å². The summed E-state index contributed by atoms with van der Waals surface area (Å²) in [5.41, 5.74) is 5.54. The second-order valence-corrected chi connectivity index (χ2v) is 5.12. The zero-order valence-corrected chi connectivity index (χ0v) is 10.9. The van der Waals surface area contributed by atoms with E-state index in [9.17, 15) is 0 Å². The predicted molar refractivity (Wildman–Crippen MR) is 65.6 cm³/mol. The Hall–Kier alpha value is -0.160. The molecule has 16 heavy (non-hydrogen) atoms. The van der Waals surface area contributed by atoms with Gasteiger partial charge in [0.1, 0.15) is 0 Å². The van der Waals surface area contributed by atoms with E-state index in [4.69, 9.17) is 15.2 Å². The van der Waals surface area contributed by atoms with E-state index in [1.165, 1.54) is 0 Å². The molecule has 0 saturated carbocycles. The first-order valence-electron chi connectivity index (χ1n) is 6.16. The van der Waals surface area contributed by atoms with Crippen LogP contribution in [-0.4, -0.2) is 56.5 Å². The van der Waals surface area contributed by atoms with Crippen LogP contribution in [-0.2, 0) is 9.47 Å². The Bertz CT molecular complexity index is 197. The van der Waals surface area contributed by atoms with E-state index in [0.29, 0.717) is 6.04 Å². The molecule has 0 aliphatic carbocycles. The highest BCUT2D eigenvalue weighted by Crippen LogP contribution is 2.20. The minimum Gasteiger partial charge on any atom is -0.383 e. The Morgan fingerprint density at radius 2 is 2.25 bits per heavy atom. The Morgan fingerprint density at radius 1 is 1.50 bits per heavy atom. The van der Waals surface area contributed by atoms with Gasteiger partial charge in [-0.25, -0.2) is 0 Å². The molecule has 0 aromatic heterocycles. The molecular weight excluding hydrogens is 204 g/mol. The van der Waals surface area contributed by atoms with Crippen molar-refractivity contribution < 1.29 is 9.47 Å². The number of ether oxygens (including phenoxy) is 2. The maximum Gasteiger partial charge on any atom is 0.0753 e. The van der Waals surface area contributed by atoms with E-state index in [1.54, 1.807) is 7.11 Å². The van der Waals surface area contributed by atoms with Crippen molar-refractivity contribution in [1.82, 2.24) is 4.90 Å². The molecular formula is C12H26N2O2. The summed E-state index contributed by atoms with van der Waals surface area (Å²) in [6, 6.07) is 0.483. The summed E-state index contributed by atoms with van der Waals surface area (Å²) in [5, 5.41) is 0. The molecule has 1 fully saturated rings. The lowest BCUT2D eigenvalue weighted by Gasteiger charge is -2.42. The topological polar surface area (TPSA) is 47.7 Å². The third-order valence-corrected chi connectivity index (χ3v) is 3.07. The van der Waals surface area contributed by atoms with Crippen LogP contribution >= 0.6 is 0 Å². The van der Waals surface area contributed by atoms with Gasteiger partial charge in [-0.05, 0) is 33.2 Å². The highest BCUT2D eigenvalue weighted by molar-refractivity contribution is 4.83. The molecule has 2 N–H and O–H groups in total. The first kappa shape index (κ1) is 13.9. The minimum absolute atomic E-state index is 0.0348. The molecule has 1 aliphatic rings. The van der Waals surface area contributed by atoms with Crippen molar-refractivity contribution in [2.24, 2.45) is 5.73 Å². The van der Waals surface area contributed by atoms with Gasteiger partial charge in [-0.2, -0.15) is 0 Å². The first-order valence-corrected chi connectivity index (χ1v) is 6.16. The van der Waals surface area contributed by atoms with Gasteiger partial charge in [0, 0.05) is 26.2 Å². The van der Waals surface area contributed by atoms with Crippen molar-refractivity contribution in [1.29, 1.82) is 0 Å². The van der Waals surface area contributed by atoms with E-state index in [2.05, 4.69) is 18.7 Å². The summed E-state index contributed by atoms with van der Waals surface area (Å²) in [7, 11) is 1.76. The third kappa shape index (κ3) is 4.37. The minimum atomic E-state index is -0.0348. The Balaban J connectivity index is 2.48. The third-order valence-electron chi connectivity index (χ3n) is 3.07. The lowest BCUT2D eigenvalue weighted by Crippen LogP contribution is -2.53. The summed E-state index contributed by atoms with van der Waals surface area (Å²) in [6.07, 6.45) is 2.17. The molecule has 1 heterocycles. The van der Waals surface area contributed by atoms with Crippen LogP contribution in [0.2, 0.25) is 0 Å². The van der Waals surface area contributed by atoms with Crippen LogP contribution in [0.5, 0.6) is 0 Å². The van der Waals surface area contributed by atoms with Gasteiger partial charge in [-0.15, -0.1) is 0 Å². The Kier molecular flexibility index (Phi) is 5.69. The fourth-order valence-electron chi connectivity index (χ4n) is 2.28. The van der Waals surface area contributed by atoms with Gasteiger partial charge in [0.05, 0.1) is 18.8 Å². The summed E-state index contributed by atoms with van der Waals surface area (Å²) in [5.74, 6) is 0. The maximum atomic E-state index is 5.72. The molecule has 4 heteroatoms. The maximum absolute atomic E-state index is 5.72. The Labute approximate surface area is 99.1 Å². The smallest absolute Gasteiger partial charge is 0.0753 e. The summed E-state index contributed by atoms with van der Waals surface area (Å²) in [6.45, 7) is 8.63. The van der Waals surface area contributed by atoms with E-state index in [0.717, 1.165) is 45.7 Å². The zero-order valence-electron chi connectivity index (χ0n) is 10.9. The summed E-state index contributed by atoms with van der Waals surface area (Å²) in [4.78, 5) is 2.47. The zero-order chi connectivity index (χ0) is 12.0. The second kappa shape index (κ2) is 6.55. The van der Waals surface area contributed by atoms with Gasteiger partial charge in [0.25, 0.3) is 0 Å². The molecule has 0 amide bonds. The van der Waals surface area contributed by atoms with Gasteiger partial charge in [0.15, 0.2) is 0 Å². The molecule has 1 rings (SSSR count). The fraction of sp³-hybridized carbons (Fsp3) is 1.00. The van der Waals surface area contributed by atoms with Gasteiger partial charge in [-0.1, -0.05) is 0 Å². The second-order valence-electron chi connectivity index (χ2n) is 5.12. The van der Waals surface area contributed by atoms with E-state index >= 15 is 0 Å². The fourth-order valence-corrected chi connectivity index (χ4v) is 2.28. The first-order chi connectivity index (χ1) is 7.59. The lowest BCUT2D eigenvalue weighted by atomic mass is 10.0. The van der Waals surface area contributed by atoms with Crippen molar-refractivity contribution in [2.45, 2.75) is 38.3 Å². The average Bonchev–Trinajstić information content (AvgIpc) is 2.22. The van der Waals surface area contributed by atoms with Crippen molar-refractivity contribution in [2.75, 3.05) is 40.0 Å². The van der Waals surface area contributed by atoms with Crippen molar-refractivity contribution in [3.8, 4) is 0 Å². The van der Waals surface area contributed by atoms with Crippen molar-refractivity contribution >= 4 is 0 Å². The number of nitrogens with two attached hydrogens (primary N) is 1. The lowest BCUT2D eigenvalue weighted by molar-refractivity contribution is -0.104. The standard InChI is InChI=1S/C12H26N2O2/c1-12(2)10-14(7-8-16-12)11(9-15-3)5-4-6-13/h11H,4-10,13H2,1-3H3. The van der Waals surface area contributed by atoms with Crippen molar-refractivity contribution in [3.05, 3.63) is 0 Å². The SMILES string of the molecule is COCC(CCCN)N1CCOC(C)(C)C1. The van der Waals surface area contributed by atoms with Crippen LogP contribution in [0.15, 0.2) is 0 Å². The average molecular weight is 230 g/mol. The molecule has 0 aromatic rings. The van der Waals surface area contributed by atoms with Gasteiger partial charge in [-0.3, -0.25) is 4.90 Å². The van der Waals surface area contributed by atoms with E-state index in [1.807, 2.05) is 0 Å². The quantitative estimate of drug-likeness (QED) is 0.735. The molecule has 1 saturated heterocycles. The largest absolute Gasteiger partial charge is 0.383 e. The van der Waals surface area contributed by atoms with E-state index < -0.39 is 0 Å². The van der Waals surface area contributed by atoms with Gasteiger partial charge < -0.3 is 15.2 Å². The molecule has 4 nitrogen and oxygen atoms in total. The molecule has 0 radical (unpaired) electrons. The molecule has 96 valence electrons. The van der Waals surface area contributed by atoms with Crippen LogP contribution < -0.4 is 5.73 Å². The highest BCUT2D eigenvalue weighted by atomic mass is 16.5. The number of morpholine rings is 1. The van der Waals surface area contributed by atoms with Crippen LogP contribution in [0.3, 0.4) is 0 Å². The van der Waals surface area contributed by atoms with Crippen LogP contribution in [0.25, 0.3) is 0 Å². The highest BCUT2D eigenvalue weighted by Gasteiger charge is 2.30. The molecule has 0 aromatic carbocycles. The number of methoxy groups -OCH3 is 1. The molecule has 1 unspecified atom stereocenters. The molecule has 0 spiro atoms. The Morgan fingerprint density at radius 3 is 2.81 bits per heavy atom. The van der Waals surface area contributed by atoms with Crippen molar-refractivity contribution in [3.63, 3.8) is 0 Å². The molecule has 0 bridgehead atoms. The normalized spacial score (nSPS) is 23.2. The molecule has 1 aliphatic heterocycles. The number of rotatable bonds is 6. The van der Waals surface area contributed by atoms with E-state index in [-0.39, 0.29) is 5.60 Å². The van der Waals surface area contributed by atoms with Gasteiger partial charge in [0.2, 0.25) is 0 Å². The number of hydrogen-bond acceptors (Lipinski definition) is 4. The monoisotopic (exact) mass is 230 g/mol. The number of nitrogens with zero attached hydrogens (tertiary/aromatic N) is 1. The van der Waals surface area contributed by atoms with Crippen LogP contribution in [0, 0.1) is 0 Å². The van der Waals surface area contributed by atoms with Gasteiger partial charge >= 0.3 is 0 Å². The summed E-state index contributed by atoms with van der Waals surface area (Å²) >= 11 is 0. The van der Waals surface area contributed by atoms with Crippen LogP contribution in [0.1, 0.15) is 26.7 Å². The summed E-state index contributed by atoms with van der Waals surface area (Å²) < 4.78 is 11.0.